The SMILES string of the molecule is CCOc1ccn([C@@H]2CC[C@@H](O)[C@H](CI)O2)c(=O)n1. The second-order valence-electron chi connectivity index (χ2n) is 4.32. The number of hydrogen-bond acceptors (Lipinski definition) is 5. The predicted octanol–water partition coefficient (Wildman–Crippen LogP) is 1.12. The first-order valence-electron chi connectivity index (χ1n) is 6.27. The van der Waals surface area contributed by atoms with Crippen LogP contribution in [0.5, 0.6) is 5.88 Å². The number of halogens is 1. The first kappa shape index (κ1) is 14.7. The maximum Gasteiger partial charge on any atom is 0.352 e. The molecule has 1 aromatic rings. The van der Waals surface area contributed by atoms with Crippen molar-refractivity contribution >= 4 is 22.6 Å². The summed E-state index contributed by atoms with van der Waals surface area (Å²) in [6.07, 6.45) is 1.80. The molecule has 106 valence electrons. The molecule has 0 radical (unpaired) electrons. The molecule has 1 fully saturated rings. The average molecular weight is 380 g/mol. The maximum atomic E-state index is 11.9. The lowest BCUT2D eigenvalue weighted by Crippen LogP contribution is -2.41. The zero-order chi connectivity index (χ0) is 13.8. The maximum absolute atomic E-state index is 11.9. The van der Waals surface area contributed by atoms with Crippen LogP contribution in [-0.4, -0.2) is 37.9 Å². The lowest BCUT2D eigenvalue weighted by Gasteiger charge is -2.33. The van der Waals surface area contributed by atoms with Crippen LogP contribution >= 0.6 is 22.6 Å². The van der Waals surface area contributed by atoms with Gasteiger partial charge in [-0.05, 0) is 19.8 Å². The summed E-state index contributed by atoms with van der Waals surface area (Å²) in [5.74, 6) is 0.324. The minimum absolute atomic E-state index is 0.238. The van der Waals surface area contributed by atoms with E-state index in [2.05, 4.69) is 27.6 Å². The van der Waals surface area contributed by atoms with Gasteiger partial charge in [-0.15, -0.1) is 0 Å². The molecular weight excluding hydrogens is 363 g/mol. The van der Waals surface area contributed by atoms with E-state index in [-0.39, 0.29) is 18.0 Å². The van der Waals surface area contributed by atoms with E-state index < -0.39 is 6.10 Å². The van der Waals surface area contributed by atoms with Crippen LogP contribution in [0.15, 0.2) is 17.1 Å². The number of alkyl halides is 1. The Kier molecular flexibility index (Phi) is 5.17. The largest absolute Gasteiger partial charge is 0.478 e. The number of ether oxygens (including phenoxy) is 2. The third-order valence-corrected chi connectivity index (χ3v) is 3.90. The summed E-state index contributed by atoms with van der Waals surface area (Å²) < 4.78 is 13.1. The molecule has 19 heavy (non-hydrogen) atoms. The molecular formula is C12H17IN2O4. The fourth-order valence-corrected chi connectivity index (χ4v) is 2.84. The number of aromatic nitrogens is 2. The topological polar surface area (TPSA) is 73.6 Å². The lowest BCUT2D eigenvalue weighted by atomic mass is 10.1. The second-order valence-corrected chi connectivity index (χ2v) is 5.20. The number of rotatable bonds is 4. The van der Waals surface area contributed by atoms with E-state index in [0.29, 0.717) is 29.8 Å². The Morgan fingerprint density at radius 2 is 2.42 bits per heavy atom. The van der Waals surface area contributed by atoms with Gasteiger partial charge in [-0.1, -0.05) is 22.6 Å². The zero-order valence-corrected chi connectivity index (χ0v) is 12.8. The first-order chi connectivity index (χ1) is 9.15. The molecule has 2 rings (SSSR count). The molecule has 7 heteroatoms. The Labute approximate surface area is 124 Å². The molecule has 1 aromatic heterocycles. The third kappa shape index (κ3) is 3.46. The van der Waals surface area contributed by atoms with E-state index in [1.165, 1.54) is 4.57 Å². The van der Waals surface area contributed by atoms with Crippen molar-refractivity contribution in [1.29, 1.82) is 0 Å². The van der Waals surface area contributed by atoms with Crippen LogP contribution in [0.3, 0.4) is 0 Å². The Balaban J connectivity index is 2.16. The highest BCUT2D eigenvalue weighted by Crippen LogP contribution is 2.27. The van der Waals surface area contributed by atoms with Crippen molar-refractivity contribution in [2.24, 2.45) is 0 Å². The van der Waals surface area contributed by atoms with Crippen molar-refractivity contribution in [1.82, 2.24) is 9.55 Å². The monoisotopic (exact) mass is 380 g/mol. The summed E-state index contributed by atoms with van der Waals surface area (Å²) in [6.45, 7) is 2.31. The number of aliphatic hydroxyl groups excluding tert-OH is 1. The van der Waals surface area contributed by atoms with Gasteiger partial charge in [0, 0.05) is 16.7 Å². The fourth-order valence-electron chi connectivity index (χ4n) is 2.05. The average Bonchev–Trinajstić information content (AvgIpc) is 2.40. The van der Waals surface area contributed by atoms with E-state index in [1.54, 1.807) is 12.3 Å². The van der Waals surface area contributed by atoms with Gasteiger partial charge in [0.15, 0.2) is 0 Å². The van der Waals surface area contributed by atoms with Gasteiger partial charge in [0.2, 0.25) is 5.88 Å². The van der Waals surface area contributed by atoms with Gasteiger partial charge in [0.05, 0.1) is 18.8 Å². The molecule has 1 saturated heterocycles. The van der Waals surface area contributed by atoms with Gasteiger partial charge in [-0.2, -0.15) is 4.98 Å². The molecule has 0 unspecified atom stereocenters. The van der Waals surface area contributed by atoms with Crippen LogP contribution in [0.4, 0.5) is 0 Å². The van der Waals surface area contributed by atoms with E-state index in [0.717, 1.165) is 0 Å². The molecule has 6 nitrogen and oxygen atoms in total. The van der Waals surface area contributed by atoms with Crippen LogP contribution in [0.1, 0.15) is 26.0 Å². The van der Waals surface area contributed by atoms with Gasteiger partial charge < -0.3 is 14.6 Å². The summed E-state index contributed by atoms with van der Waals surface area (Å²) in [6, 6.07) is 1.65. The smallest absolute Gasteiger partial charge is 0.352 e. The highest BCUT2D eigenvalue weighted by molar-refractivity contribution is 14.1. The van der Waals surface area contributed by atoms with Gasteiger partial charge in [0.1, 0.15) is 6.23 Å². The Morgan fingerprint density at radius 1 is 1.63 bits per heavy atom. The normalized spacial score (nSPS) is 27.2. The minimum Gasteiger partial charge on any atom is -0.478 e. The molecule has 0 aromatic carbocycles. The highest BCUT2D eigenvalue weighted by atomic mass is 127. The van der Waals surface area contributed by atoms with E-state index in [1.807, 2.05) is 6.92 Å². The lowest BCUT2D eigenvalue weighted by molar-refractivity contribution is -0.135. The Hall–Kier alpha value is -0.670. The highest BCUT2D eigenvalue weighted by Gasteiger charge is 2.30. The molecule has 2 heterocycles. The van der Waals surface area contributed by atoms with Crippen molar-refractivity contribution in [3.8, 4) is 5.88 Å². The van der Waals surface area contributed by atoms with Crippen LogP contribution in [0, 0.1) is 0 Å². The fraction of sp³-hybridized carbons (Fsp3) is 0.667. The Bertz CT molecular complexity index is 479. The predicted molar refractivity (Wildman–Crippen MR) is 77.7 cm³/mol. The van der Waals surface area contributed by atoms with Crippen molar-refractivity contribution in [3.05, 3.63) is 22.7 Å². The van der Waals surface area contributed by atoms with Crippen LogP contribution < -0.4 is 10.4 Å². The molecule has 1 aliphatic rings. The van der Waals surface area contributed by atoms with Gasteiger partial charge >= 0.3 is 5.69 Å². The summed E-state index contributed by atoms with van der Waals surface area (Å²) in [4.78, 5) is 15.8. The first-order valence-corrected chi connectivity index (χ1v) is 7.79. The number of hydrogen-bond donors (Lipinski definition) is 1. The molecule has 3 atom stereocenters. The summed E-state index contributed by atoms with van der Waals surface area (Å²) in [5.41, 5.74) is -0.389. The van der Waals surface area contributed by atoms with Crippen molar-refractivity contribution < 1.29 is 14.6 Å². The summed E-state index contributed by atoms with van der Waals surface area (Å²) >= 11 is 2.17. The van der Waals surface area contributed by atoms with E-state index in [9.17, 15) is 9.90 Å². The molecule has 0 spiro atoms. The van der Waals surface area contributed by atoms with Crippen molar-refractivity contribution in [2.45, 2.75) is 38.2 Å². The van der Waals surface area contributed by atoms with E-state index in [4.69, 9.17) is 9.47 Å². The van der Waals surface area contributed by atoms with Crippen molar-refractivity contribution in [3.63, 3.8) is 0 Å². The van der Waals surface area contributed by atoms with Crippen LogP contribution in [0.25, 0.3) is 0 Å². The van der Waals surface area contributed by atoms with E-state index >= 15 is 0 Å². The summed E-state index contributed by atoms with van der Waals surface area (Å²) in [7, 11) is 0. The summed E-state index contributed by atoms with van der Waals surface area (Å²) in [5, 5.41) is 9.76. The standard InChI is InChI=1S/C12H17IN2O4/c1-2-18-10-5-6-15(12(17)14-10)11-4-3-8(16)9(7-13)19-11/h5-6,8-9,11,16H,2-4,7H2,1H3/t8-,9+,11+/m1/s1. The molecule has 1 N–H and O–H groups in total. The van der Waals surface area contributed by atoms with Gasteiger partial charge in [-0.25, -0.2) is 4.79 Å². The zero-order valence-electron chi connectivity index (χ0n) is 10.7. The number of nitrogens with zero attached hydrogens (tertiary/aromatic N) is 2. The molecule has 0 amide bonds. The van der Waals surface area contributed by atoms with Crippen molar-refractivity contribution in [2.75, 3.05) is 11.0 Å². The third-order valence-electron chi connectivity index (χ3n) is 3.03. The molecule has 0 aliphatic carbocycles. The second kappa shape index (κ2) is 6.67. The molecule has 0 bridgehead atoms. The van der Waals surface area contributed by atoms with Crippen LogP contribution in [0.2, 0.25) is 0 Å². The minimum atomic E-state index is -0.459. The quantitative estimate of drug-likeness (QED) is 0.626. The molecule has 0 saturated carbocycles. The van der Waals surface area contributed by atoms with Gasteiger partial charge in [-0.3, -0.25) is 4.57 Å². The number of aliphatic hydroxyl groups is 1. The Morgan fingerprint density at radius 3 is 3.05 bits per heavy atom. The van der Waals surface area contributed by atoms with Gasteiger partial charge in [0.25, 0.3) is 0 Å². The van der Waals surface area contributed by atoms with Crippen LogP contribution in [-0.2, 0) is 4.74 Å². The molecule has 1 aliphatic heterocycles.